The molecule has 1 heterocycles. The zero-order valence-corrected chi connectivity index (χ0v) is 8.88. The van der Waals surface area contributed by atoms with E-state index < -0.39 is 0 Å². The van der Waals surface area contributed by atoms with Crippen molar-refractivity contribution in [2.75, 3.05) is 0 Å². The Kier molecular flexibility index (Phi) is 2.56. The minimum Gasteiger partial charge on any atom is -0.430 e. The number of benzene rings is 1. The first-order valence-electron chi connectivity index (χ1n) is 3.56. The van der Waals surface area contributed by atoms with E-state index in [1.807, 2.05) is 30.3 Å². The molecule has 5 heteroatoms. The molecule has 0 atom stereocenters. The molecule has 0 bridgehead atoms. The molecule has 0 radical (unpaired) electrons. The quantitative estimate of drug-likeness (QED) is 0.829. The van der Waals surface area contributed by atoms with E-state index >= 15 is 0 Å². The molecule has 0 fully saturated rings. The molecule has 0 aliphatic rings. The first kappa shape index (κ1) is 8.65. The minimum absolute atomic E-state index is 0.540. The van der Waals surface area contributed by atoms with Gasteiger partial charge in [0.1, 0.15) is 5.75 Å². The molecular formula is C8H5BrN2OS. The van der Waals surface area contributed by atoms with Gasteiger partial charge in [0.05, 0.1) is 0 Å². The molecular weight excluding hydrogens is 252 g/mol. The fourth-order valence-corrected chi connectivity index (χ4v) is 1.76. The molecule has 13 heavy (non-hydrogen) atoms. The molecule has 0 amide bonds. The summed E-state index contributed by atoms with van der Waals surface area (Å²) in [6.45, 7) is 0. The maximum atomic E-state index is 5.41. The zero-order valence-electron chi connectivity index (χ0n) is 6.48. The van der Waals surface area contributed by atoms with Crippen molar-refractivity contribution in [2.45, 2.75) is 0 Å². The maximum Gasteiger partial charge on any atom is 0.300 e. The van der Waals surface area contributed by atoms with Crippen LogP contribution in [-0.2, 0) is 0 Å². The van der Waals surface area contributed by atoms with E-state index in [9.17, 15) is 0 Å². The van der Waals surface area contributed by atoms with Gasteiger partial charge in [-0.05, 0) is 39.4 Å². The van der Waals surface area contributed by atoms with Gasteiger partial charge < -0.3 is 4.74 Å². The molecule has 0 saturated heterocycles. The molecule has 66 valence electrons. The lowest BCUT2D eigenvalue weighted by atomic mass is 10.3. The first-order valence-corrected chi connectivity index (χ1v) is 5.17. The monoisotopic (exact) mass is 256 g/mol. The van der Waals surface area contributed by atoms with Crippen LogP contribution < -0.4 is 4.74 Å². The predicted molar refractivity (Wildman–Crippen MR) is 54.1 cm³/mol. The molecule has 0 unspecified atom stereocenters. The SMILES string of the molecule is Brc1nnc(Oc2ccccc2)s1. The van der Waals surface area contributed by atoms with Crippen LogP contribution in [0.15, 0.2) is 34.2 Å². The highest BCUT2D eigenvalue weighted by Crippen LogP contribution is 2.26. The van der Waals surface area contributed by atoms with Crippen LogP contribution in [0.2, 0.25) is 0 Å². The van der Waals surface area contributed by atoms with Gasteiger partial charge in [-0.3, -0.25) is 0 Å². The summed E-state index contributed by atoms with van der Waals surface area (Å²) < 4.78 is 6.13. The van der Waals surface area contributed by atoms with Crippen molar-refractivity contribution in [1.82, 2.24) is 10.2 Å². The van der Waals surface area contributed by atoms with E-state index in [0.29, 0.717) is 5.19 Å². The van der Waals surface area contributed by atoms with Crippen molar-refractivity contribution in [1.29, 1.82) is 0 Å². The van der Waals surface area contributed by atoms with E-state index in [0.717, 1.165) is 9.67 Å². The van der Waals surface area contributed by atoms with Crippen LogP contribution in [0.4, 0.5) is 0 Å². The Bertz CT molecular complexity index is 390. The van der Waals surface area contributed by atoms with Gasteiger partial charge in [0.25, 0.3) is 5.19 Å². The van der Waals surface area contributed by atoms with Crippen LogP contribution >= 0.6 is 27.3 Å². The molecule has 0 N–H and O–H groups in total. The maximum absolute atomic E-state index is 5.41. The number of nitrogens with zero attached hydrogens (tertiary/aromatic N) is 2. The Balaban J connectivity index is 2.15. The van der Waals surface area contributed by atoms with Gasteiger partial charge in [-0.25, -0.2) is 0 Å². The van der Waals surface area contributed by atoms with Crippen LogP contribution in [0.25, 0.3) is 0 Å². The Morgan fingerprint density at radius 1 is 1.15 bits per heavy atom. The van der Waals surface area contributed by atoms with Crippen LogP contribution in [-0.4, -0.2) is 10.2 Å². The second-order valence-corrected chi connectivity index (χ2v) is 4.45. The third-order valence-corrected chi connectivity index (χ3v) is 2.56. The summed E-state index contributed by atoms with van der Waals surface area (Å²) in [4.78, 5) is 0. The van der Waals surface area contributed by atoms with Gasteiger partial charge >= 0.3 is 0 Å². The minimum atomic E-state index is 0.540. The van der Waals surface area contributed by atoms with Gasteiger partial charge in [-0.1, -0.05) is 23.3 Å². The van der Waals surface area contributed by atoms with E-state index in [2.05, 4.69) is 26.1 Å². The lowest BCUT2D eigenvalue weighted by molar-refractivity contribution is 0.473. The van der Waals surface area contributed by atoms with Crippen molar-refractivity contribution in [2.24, 2.45) is 0 Å². The third kappa shape index (κ3) is 2.26. The number of halogens is 1. The van der Waals surface area contributed by atoms with E-state index in [4.69, 9.17) is 4.74 Å². The molecule has 0 aliphatic carbocycles. The van der Waals surface area contributed by atoms with Gasteiger partial charge in [-0.2, -0.15) is 0 Å². The Labute approximate surface area is 87.5 Å². The van der Waals surface area contributed by atoms with Crippen LogP contribution in [0.3, 0.4) is 0 Å². The Morgan fingerprint density at radius 3 is 2.54 bits per heavy atom. The van der Waals surface area contributed by atoms with Crippen molar-refractivity contribution in [3.63, 3.8) is 0 Å². The molecule has 1 aromatic heterocycles. The van der Waals surface area contributed by atoms with Crippen LogP contribution in [0.1, 0.15) is 0 Å². The smallest absolute Gasteiger partial charge is 0.300 e. The van der Waals surface area contributed by atoms with Crippen molar-refractivity contribution >= 4 is 27.3 Å². The zero-order chi connectivity index (χ0) is 9.10. The van der Waals surface area contributed by atoms with Crippen molar-refractivity contribution < 1.29 is 4.74 Å². The van der Waals surface area contributed by atoms with E-state index in [1.165, 1.54) is 11.3 Å². The molecule has 1 aromatic carbocycles. The fraction of sp³-hybridized carbons (Fsp3) is 0. The first-order chi connectivity index (χ1) is 6.34. The predicted octanol–water partition coefficient (Wildman–Crippen LogP) is 3.09. The van der Waals surface area contributed by atoms with Gasteiger partial charge in [-0.15, -0.1) is 5.10 Å². The molecule has 0 aliphatic heterocycles. The summed E-state index contributed by atoms with van der Waals surface area (Å²) in [5.74, 6) is 0.770. The molecule has 3 nitrogen and oxygen atoms in total. The second kappa shape index (κ2) is 3.85. The van der Waals surface area contributed by atoms with Crippen molar-refractivity contribution in [3.05, 3.63) is 34.2 Å². The number of aromatic nitrogens is 2. The Morgan fingerprint density at radius 2 is 1.92 bits per heavy atom. The standard InChI is InChI=1S/C8H5BrN2OS/c9-7-10-11-8(13-7)12-6-4-2-1-3-5-6/h1-5H. The lowest BCUT2D eigenvalue weighted by Crippen LogP contribution is -1.81. The number of hydrogen-bond donors (Lipinski definition) is 0. The third-order valence-electron chi connectivity index (χ3n) is 1.33. The summed E-state index contributed by atoms with van der Waals surface area (Å²) >= 11 is 4.57. The normalized spacial score (nSPS) is 9.92. The molecule has 0 saturated carbocycles. The molecule has 0 spiro atoms. The van der Waals surface area contributed by atoms with Gasteiger partial charge in [0.15, 0.2) is 3.92 Å². The van der Waals surface area contributed by atoms with E-state index in [1.54, 1.807) is 0 Å². The summed E-state index contributed by atoms with van der Waals surface area (Å²) in [5, 5.41) is 8.12. The fourth-order valence-electron chi connectivity index (χ4n) is 0.824. The summed E-state index contributed by atoms with van der Waals surface area (Å²) in [6.07, 6.45) is 0. The number of para-hydroxylation sites is 1. The van der Waals surface area contributed by atoms with Gasteiger partial charge in [0.2, 0.25) is 0 Å². The average Bonchev–Trinajstić information content (AvgIpc) is 2.53. The van der Waals surface area contributed by atoms with Gasteiger partial charge in [0, 0.05) is 0 Å². The number of hydrogen-bond acceptors (Lipinski definition) is 4. The van der Waals surface area contributed by atoms with Crippen LogP contribution in [0.5, 0.6) is 10.9 Å². The summed E-state index contributed by atoms with van der Waals surface area (Å²) in [6, 6.07) is 9.49. The lowest BCUT2D eigenvalue weighted by Gasteiger charge is -1.97. The summed E-state index contributed by atoms with van der Waals surface area (Å²) in [7, 11) is 0. The number of rotatable bonds is 2. The largest absolute Gasteiger partial charge is 0.430 e. The highest BCUT2D eigenvalue weighted by Gasteiger charge is 2.02. The highest BCUT2D eigenvalue weighted by molar-refractivity contribution is 9.11. The number of ether oxygens (including phenoxy) is 1. The molecule has 2 aromatic rings. The topological polar surface area (TPSA) is 35.0 Å². The average molecular weight is 257 g/mol. The van der Waals surface area contributed by atoms with Crippen molar-refractivity contribution in [3.8, 4) is 10.9 Å². The summed E-state index contributed by atoms with van der Waals surface area (Å²) in [5.41, 5.74) is 0. The van der Waals surface area contributed by atoms with Crippen LogP contribution in [0, 0.1) is 0 Å². The highest BCUT2D eigenvalue weighted by atomic mass is 79.9. The molecule has 2 rings (SSSR count). The Hall–Kier alpha value is -0.940. The van der Waals surface area contributed by atoms with E-state index in [-0.39, 0.29) is 0 Å². The second-order valence-electron chi connectivity index (χ2n) is 2.24.